The van der Waals surface area contributed by atoms with Gasteiger partial charge < -0.3 is 10.3 Å². The highest BCUT2D eigenvalue weighted by Crippen LogP contribution is 2.35. The van der Waals surface area contributed by atoms with Gasteiger partial charge in [0.05, 0.1) is 29.5 Å². The number of aromatic nitrogens is 2. The molecule has 0 unspecified atom stereocenters. The van der Waals surface area contributed by atoms with Crippen molar-refractivity contribution in [3.63, 3.8) is 0 Å². The maximum Gasteiger partial charge on any atom is 0.233 e. The molecule has 176 valence electrons. The Balaban J connectivity index is 1.61. The predicted octanol–water partition coefficient (Wildman–Crippen LogP) is 4.96. The zero-order valence-electron chi connectivity index (χ0n) is 19.7. The first kappa shape index (κ1) is 23.2. The van der Waals surface area contributed by atoms with Crippen molar-refractivity contribution in [1.82, 2.24) is 20.3 Å². The molecule has 1 aliphatic carbocycles. The number of carbonyl (C=O) groups is 2. The van der Waals surface area contributed by atoms with Crippen LogP contribution in [-0.4, -0.2) is 39.1 Å². The monoisotopic (exact) mass is 450 g/mol. The van der Waals surface area contributed by atoms with Crippen LogP contribution in [0.4, 0.5) is 0 Å². The van der Waals surface area contributed by atoms with Crippen molar-refractivity contribution < 1.29 is 14.8 Å². The van der Waals surface area contributed by atoms with Crippen LogP contribution in [0.25, 0.3) is 21.8 Å². The Morgan fingerprint density at radius 2 is 1.91 bits per heavy atom. The van der Waals surface area contributed by atoms with Crippen LogP contribution >= 0.6 is 0 Å². The third kappa shape index (κ3) is 5.36. The molecule has 0 radical (unpaired) electrons. The van der Waals surface area contributed by atoms with Gasteiger partial charge in [0.25, 0.3) is 0 Å². The van der Waals surface area contributed by atoms with Gasteiger partial charge in [-0.25, -0.2) is 10.0 Å². The molecule has 2 amide bonds. The maximum atomic E-state index is 13.4. The van der Waals surface area contributed by atoms with Crippen molar-refractivity contribution in [3.8, 4) is 0 Å². The molecule has 3 aromatic rings. The van der Waals surface area contributed by atoms with E-state index in [1.165, 1.54) is 12.8 Å². The number of H-pyrrole nitrogens is 1. The van der Waals surface area contributed by atoms with Crippen molar-refractivity contribution >= 4 is 34.1 Å². The molecule has 3 N–H and O–H groups in total. The van der Waals surface area contributed by atoms with Crippen LogP contribution in [0.3, 0.4) is 0 Å². The van der Waals surface area contributed by atoms with Crippen molar-refractivity contribution in [1.29, 1.82) is 0 Å². The predicted molar refractivity (Wildman–Crippen MR) is 129 cm³/mol. The number of fused-ring (bicyclic) bond motifs is 2. The van der Waals surface area contributed by atoms with Crippen molar-refractivity contribution in [3.05, 3.63) is 42.2 Å². The Bertz CT molecular complexity index is 1070. The average Bonchev–Trinajstić information content (AvgIpc) is 3.43. The molecule has 0 saturated heterocycles. The molecule has 33 heavy (non-hydrogen) atoms. The lowest BCUT2D eigenvalue weighted by molar-refractivity contribution is -0.155. The van der Waals surface area contributed by atoms with Gasteiger partial charge in [-0.3, -0.25) is 14.8 Å². The second-order valence-corrected chi connectivity index (χ2v) is 10.5. The van der Waals surface area contributed by atoms with Crippen molar-refractivity contribution in [2.75, 3.05) is 6.54 Å². The molecule has 1 heterocycles. The number of nitrogens with zero attached hydrogens (tertiary/aromatic N) is 2. The number of aromatic amines is 1. The van der Waals surface area contributed by atoms with E-state index in [9.17, 15) is 14.8 Å². The normalized spacial score (nSPS) is 16.7. The summed E-state index contributed by atoms with van der Waals surface area (Å²) in [5, 5.41) is 15.8. The van der Waals surface area contributed by atoms with Crippen LogP contribution in [0.5, 0.6) is 0 Å². The number of amides is 2. The average molecular weight is 451 g/mol. The highest BCUT2D eigenvalue weighted by atomic mass is 16.5. The van der Waals surface area contributed by atoms with E-state index in [4.69, 9.17) is 4.98 Å². The summed E-state index contributed by atoms with van der Waals surface area (Å²) in [7, 11) is 0. The van der Waals surface area contributed by atoms with Crippen LogP contribution < -0.4 is 5.32 Å². The van der Waals surface area contributed by atoms with Gasteiger partial charge in [-0.1, -0.05) is 70.7 Å². The third-order valence-electron chi connectivity index (χ3n) is 6.79. The summed E-state index contributed by atoms with van der Waals surface area (Å²) in [6, 6.07) is 11.9. The number of hydrogen-bond acceptors (Lipinski definition) is 4. The van der Waals surface area contributed by atoms with E-state index in [0.29, 0.717) is 29.6 Å². The zero-order chi connectivity index (χ0) is 23.6. The lowest BCUT2D eigenvalue weighted by atomic mass is 9.85. The smallest absolute Gasteiger partial charge is 0.233 e. The molecule has 2 atom stereocenters. The molecule has 1 aliphatic rings. The number of benzene rings is 2. The number of rotatable bonds is 8. The Kier molecular flexibility index (Phi) is 6.70. The first-order valence-corrected chi connectivity index (χ1v) is 11.8. The highest BCUT2D eigenvalue weighted by Gasteiger charge is 2.34. The first-order chi connectivity index (χ1) is 15.7. The second-order valence-electron chi connectivity index (χ2n) is 10.5. The molecule has 0 aliphatic heterocycles. The minimum absolute atomic E-state index is 0.00574. The summed E-state index contributed by atoms with van der Waals surface area (Å²) in [5.41, 5.74) is 1.49. The van der Waals surface area contributed by atoms with E-state index >= 15 is 0 Å². The number of hydrogen-bond donors (Lipinski definition) is 3. The Hall–Kier alpha value is -2.93. The second kappa shape index (κ2) is 9.51. The molecule has 2 aromatic carbocycles. The molecule has 1 aromatic heterocycles. The number of imidazole rings is 1. The molecule has 7 nitrogen and oxygen atoms in total. The summed E-state index contributed by atoms with van der Waals surface area (Å²) in [4.78, 5) is 32.7. The Morgan fingerprint density at radius 3 is 2.55 bits per heavy atom. The zero-order valence-corrected chi connectivity index (χ0v) is 19.7. The molecule has 1 saturated carbocycles. The van der Waals surface area contributed by atoms with E-state index in [1.807, 2.05) is 12.1 Å². The minimum Gasteiger partial charge on any atom is -0.345 e. The quantitative estimate of drug-likeness (QED) is 0.256. The maximum absolute atomic E-state index is 13.4. The Morgan fingerprint density at radius 1 is 1.24 bits per heavy atom. The van der Waals surface area contributed by atoms with E-state index in [2.05, 4.69) is 55.3 Å². The first-order valence-electron chi connectivity index (χ1n) is 11.8. The van der Waals surface area contributed by atoms with Crippen molar-refractivity contribution in [2.24, 2.45) is 17.3 Å². The Labute approximate surface area is 194 Å². The van der Waals surface area contributed by atoms with Gasteiger partial charge in [-0.15, -0.1) is 0 Å². The highest BCUT2D eigenvalue weighted by molar-refractivity contribution is 5.95. The fourth-order valence-electron chi connectivity index (χ4n) is 4.99. The van der Waals surface area contributed by atoms with Crippen LogP contribution in [0, 0.1) is 17.3 Å². The summed E-state index contributed by atoms with van der Waals surface area (Å²) in [6.45, 7) is 6.19. The van der Waals surface area contributed by atoms with Crippen LogP contribution in [0.15, 0.2) is 36.4 Å². The number of nitrogens with one attached hydrogen (secondary N) is 2. The van der Waals surface area contributed by atoms with Crippen molar-refractivity contribution in [2.45, 2.75) is 58.9 Å². The van der Waals surface area contributed by atoms with E-state index in [1.54, 1.807) is 0 Å². The van der Waals surface area contributed by atoms with Crippen LogP contribution in [-0.2, 0) is 9.59 Å². The molecule has 0 bridgehead atoms. The van der Waals surface area contributed by atoms with Crippen LogP contribution in [0.2, 0.25) is 0 Å². The van der Waals surface area contributed by atoms with E-state index < -0.39 is 5.92 Å². The largest absolute Gasteiger partial charge is 0.345 e. The third-order valence-corrected chi connectivity index (χ3v) is 6.79. The van der Waals surface area contributed by atoms with Gasteiger partial charge >= 0.3 is 0 Å². The molecule has 0 spiro atoms. The van der Waals surface area contributed by atoms with E-state index in [-0.39, 0.29) is 23.9 Å². The molecule has 1 fully saturated rings. The standard InChI is InChI=1S/C26H34N4O3/c1-26(2,3)23(24-27-21-13-18-10-6-7-11-19(18)14-22(21)28-24)29-25(32)20(15-30(33)16-31)12-17-8-4-5-9-17/h6-7,10-11,13-14,16-17,20,23,33H,4-5,8-9,12,15H2,1-3H3,(H,27,28)(H,29,32)/t20-,23-/m1/s1. The van der Waals surface area contributed by atoms with Gasteiger partial charge in [-0.2, -0.15) is 0 Å². The van der Waals surface area contributed by atoms with Gasteiger partial charge in [0, 0.05) is 0 Å². The number of carbonyl (C=O) groups excluding carboxylic acids is 2. The lowest BCUT2D eigenvalue weighted by Crippen LogP contribution is -2.43. The van der Waals surface area contributed by atoms with Gasteiger partial charge in [0.1, 0.15) is 5.82 Å². The molecular weight excluding hydrogens is 416 g/mol. The van der Waals surface area contributed by atoms with Gasteiger partial charge in [0.2, 0.25) is 12.3 Å². The fourth-order valence-corrected chi connectivity index (χ4v) is 4.99. The number of hydroxylamine groups is 2. The SMILES string of the molecule is CC(C)(C)[C@H](NC(=O)[C@H](CC1CCCC1)CN(O)C=O)c1nc2cc3ccccc3cc2[nH]1. The topological polar surface area (TPSA) is 98.3 Å². The summed E-state index contributed by atoms with van der Waals surface area (Å²) in [6.07, 6.45) is 5.56. The lowest BCUT2D eigenvalue weighted by Gasteiger charge is -2.32. The van der Waals surface area contributed by atoms with Gasteiger partial charge in [-0.05, 0) is 40.7 Å². The molecular formula is C26H34N4O3. The fraction of sp³-hybridized carbons (Fsp3) is 0.500. The summed E-state index contributed by atoms with van der Waals surface area (Å²) >= 11 is 0. The molecule has 4 rings (SSSR count). The summed E-state index contributed by atoms with van der Waals surface area (Å²) in [5.74, 6) is 0.526. The van der Waals surface area contributed by atoms with E-state index in [0.717, 1.165) is 34.6 Å². The minimum atomic E-state index is -0.472. The van der Waals surface area contributed by atoms with Crippen LogP contribution in [0.1, 0.15) is 64.7 Å². The summed E-state index contributed by atoms with van der Waals surface area (Å²) < 4.78 is 0. The molecule has 7 heteroatoms. The van der Waals surface area contributed by atoms with Gasteiger partial charge in [0.15, 0.2) is 0 Å².